The fourth-order valence-corrected chi connectivity index (χ4v) is 5.38. The maximum absolute atomic E-state index is 13.6. The summed E-state index contributed by atoms with van der Waals surface area (Å²) in [5.41, 5.74) is 9.61. The van der Waals surface area contributed by atoms with Crippen molar-refractivity contribution in [2.75, 3.05) is 12.3 Å². The minimum atomic E-state index is -1.13. The van der Waals surface area contributed by atoms with Gasteiger partial charge in [0, 0.05) is 36.5 Å². The topological polar surface area (TPSA) is 79.7 Å². The number of nitrogens with zero attached hydrogens (tertiary/aromatic N) is 1. The Kier molecular flexibility index (Phi) is 11.4. The molecular weight excluding hydrogens is 506 g/mol. The van der Waals surface area contributed by atoms with Crippen LogP contribution in [-0.2, 0) is 25.1 Å². The Balaban J connectivity index is 1.79. The highest BCUT2D eigenvalue weighted by Crippen LogP contribution is 2.23. The number of carbonyl (C=O) groups is 1. The summed E-state index contributed by atoms with van der Waals surface area (Å²) in [6.07, 6.45) is 2.06. The molecule has 1 heterocycles. The molecule has 38 heavy (non-hydrogen) atoms. The molecule has 0 saturated heterocycles. The van der Waals surface area contributed by atoms with Crippen LogP contribution in [-0.4, -0.2) is 40.4 Å². The van der Waals surface area contributed by atoms with Gasteiger partial charge in [-0.2, -0.15) is 11.8 Å². The van der Waals surface area contributed by atoms with Gasteiger partial charge in [0.1, 0.15) is 17.4 Å². The predicted molar refractivity (Wildman–Crippen MR) is 149 cm³/mol. The first kappa shape index (κ1) is 29.9. The monoisotopic (exact) mass is 544 g/mol. The molecule has 5 nitrogen and oxygen atoms in total. The number of thioether (sulfide) groups is 1. The third kappa shape index (κ3) is 8.68. The van der Waals surface area contributed by atoms with Crippen LogP contribution in [0.25, 0.3) is 0 Å². The quantitative estimate of drug-likeness (QED) is 0.242. The molecule has 1 aromatic heterocycles. The zero-order valence-electron chi connectivity index (χ0n) is 22.4. The molecule has 0 spiro atoms. The summed E-state index contributed by atoms with van der Waals surface area (Å²) in [6, 6.07) is 12.1. The van der Waals surface area contributed by atoms with Gasteiger partial charge in [-0.05, 0) is 66.8 Å². The zero-order valence-corrected chi connectivity index (χ0v) is 23.2. The van der Waals surface area contributed by atoms with E-state index in [2.05, 4.69) is 13.8 Å². The molecule has 0 saturated carbocycles. The minimum Gasteiger partial charge on any atom is -0.456 e. The van der Waals surface area contributed by atoms with Crippen LogP contribution >= 0.6 is 11.8 Å². The maximum Gasteiger partial charge on any atom is 0.289 e. The molecule has 0 aliphatic rings. The van der Waals surface area contributed by atoms with Gasteiger partial charge in [0.05, 0.1) is 6.10 Å². The number of nitrogens with two attached hydrogens (primary N) is 1. The van der Waals surface area contributed by atoms with Gasteiger partial charge in [-0.3, -0.25) is 4.79 Å². The summed E-state index contributed by atoms with van der Waals surface area (Å²) < 4.78 is 33.1. The van der Waals surface area contributed by atoms with Crippen molar-refractivity contribution < 1.29 is 23.1 Å². The number of amides is 1. The molecule has 3 aromatic rings. The van der Waals surface area contributed by atoms with Gasteiger partial charge in [-0.1, -0.05) is 44.5 Å². The van der Waals surface area contributed by atoms with Crippen LogP contribution in [0.4, 0.5) is 8.78 Å². The Morgan fingerprint density at radius 3 is 2.47 bits per heavy atom. The average Bonchev–Trinajstić information content (AvgIpc) is 3.25. The number of hydrogen-bond acceptors (Lipinski definition) is 5. The number of aliphatic hydroxyl groups excluding tert-OH is 1. The standard InChI is InChI=1S/C30H38F2N2O3S/c1-4-6-10-38-19-24-15-29(37-20(24)3)30(36)34(17-22-9-7-8-21(5-2)11-22)18-28(35)27(33)14-23-12-25(31)16-26(32)13-23/h7-9,11-13,15-16,27-28,35H,4-6,10,14,17-19,33H2,1-3H3. The number of rotatable bonds is 14. The molecule has 0 bridgehead atoms. The first-order chi connectivity index (χ1) is 18.2. The van der Waals surface area contributed by atoms with Crippen molar-refractivity contribution in [1.82, 2.24) is 4.90 Å². The van der Waals surface area contributed by atoms with Crippen molar-refractivity contribution in [1.29, 1.82) is 0 Å². The SMILES string of the molecule is CCCCSCc1cc(C(=O)N(Cc2cccc(CC)c2)CC(O)C(N)Cc2cc(F)cc(F)c2)oc1C. The highest BCUT2D eigenvalue weighted by Gasteiger charge is 2.26. The number of benzene rings is 2. The van der Waals surface area contributed by atoms with E-state index in [0.717, 1.165) is 53.5 Å². The lowest BCUT2D eigenvalue weighted by atomic mass is 10.0. The van der Waals surface area contributed by atoms with Gasteiger partial charge in [-0.15, -0.1) is 0 Å². The number of unbranched alkanes of at least 4 members (excludes halogenated alkanes) is 1. The smallest absolute Gasteiger partial charge is 0.289 e. The van der Waals surface area contributed by atoms with E-state index in [9.17, 15) is 18.7 Å². The Bertz CT molecular complexity index is 1180. The van der Waals surface area contributed by atoms with Gasteiger partial charge in [0.2, 0.25) is 0 Å². The van der Waals surface area contributed by atoms with Gasteiger partial charge < -0.3 is 20.2 Å². The molecular formula is C30H38F2N2O3S. The zero-order chi connectivity index (χ0) is 27.7. The number of furan rings is 1. The van der Waals surface area contributed by atoms with Crippen molar-refractivity contribution >= 4 is 17.7 Å². The van der Waals surface area contributed by atoms with Crippen LogP contribution < -0.4 is 5.73 Å². The van der Waals surface area contributed by atoms with E-state index < -0.39 is 23.8 Å². The summed E-state index contributed by atoms with van der Waals surface area (Å²) in [4.78, 5) is 15.2. The lowest BCUT2D eigenvalue weighted by molar-refractivity contribution is 0.0526. The van der Waals surface area contributed by atoms with Gasteiger partial charge in [0.25, 0.3) is 5.91 Å². The Labute approximate surface area is 228 Å². The largest absolute Gasteiger partial charge is 0.456 e. The number of aliphatic hydroxyl groups is 1. The molecule has 8 heteroatoms. The Morgan fingerprint density at radius 1 is 1.08 bits per heavy atom. The number of hydrogen-bond donors (Lipinski definition) is 2. The van der Waals surface area contributed by atoms with E-state index in [4.69, 9.17) is 10.2 Å². The molecule has 206 valence electrons. The van der Waals surface area contributed by atoms with Crippen molar-refractivity contribution in [3.8, 4) is 0 Å². The predicted octanol–water partition coefficient (Wildman–Crippen LogP) is 6.04. The minimum absolute atomic E-state index is 0.0577. The van der Waals surface area contributed by atoms with E-state index in [-0.39, 0.29) is 31.2 Å². The van der Waals surface area contributed by atoms with Crippen LogP contribution in [0.2, 0.25) is 0 Å². The molecule has 0 fully saturated rings. The second kappa shape index (κ2) is 14.5. The highest BCUT2D eigenvalue weighted by molar-refractivity contribution is 7.98. The third-order valence-corrected chi connectivity index (χ3v) is 7.58. The Morgan fingerprint density at radius 2 is 1.79 bits per heavy atom. The normalized spacial score (nSPS) is 12.9. The van der Waals surface area contributed by atoms with Gasteiger partial charge in [0.15, 0.2) is 5.76 Å². The van der Waals surface area contributed by atoms with Crippen molar-refractivity contribution in [2.24, 2.45) is 5.73 Å². The molecule has 3 rings (SSSR count). The fourth-order valence-electron chi connectivity index (χ4n) is 4.24. The fraction of sp³-hybridized carbons (Fsp3) is 0.433. The molecule has 2 aromatic carbocycles. The molecule has 2 atom stereocenters. The molecule has 2 unspecified atom stereocenters. The summed E-state index contributed by atoms with van der Waals surface area (Å²) >= 11 is 1.81. The van der Waals surface area contributed by atoms with E-state index in [0.29, 0.717) is 11.3 Å². The second-order valence-corrected chi connectivity index (χ2v) is 10.8. The van der Waals surface area contributed by atoms with Crippen molar-refractivity contribution in [2.45, 2.75) is 70.9 Å². The molecule has 1 amide bonds. The lowest BCUT2D eigenvalue weighted by Crippen LogP contribution is -2.46. The Hall–Kier alpha value is -2.68. The average molecular weight is 545 g/mol. The van der Waals surface area contributed by atoms with E-state index in [1.54, 1.807) is 6.07 Å². The first-order valence-electron chi connectivity index (χ1n) is 13.1. The van der Waals surface area contributed by atoms with Gasteiger partial charge >= 0.3 is 0 Å². The van der Waals surface area contributed by atoms with E-state index >= 15 is 0 Å². The lowest BCUT2D eigenvalue weighted by Gasteiger charge is -2.28. The van der Waals surface area contributed by atoms with Gasteiger partial charge in [-0.25, -0.2) is 8.78 Å². The van der Waals surface area contributed by atoms with Crippen LogP contribution in [0.5, 0.6) is 0 Å². The van der Waals surface area contributed by atoms with Crippen LogP contribution in [0.1, 0.15) is 65.3 Å². The number of halogens is 2. The number of aryl methyl sites for hydroxylation is 2. The molecule has 0 aliphatic heterocycles. The van der Waals surface area contributed by atoms with Crippen LogP contribution in [0, 0.1) is 18.6 Å². The van der Waals surface area contributed by atoms with E-state index in [1.165, 1.54) is 17.0 Å². The summed E-state index contributed by atoms with van der Waals surface area (Å²) in [5.74, 6) is 0.978. The summed E-state index contributed by atoms with van der Waals surface area (Å²) in [7, 11) is 0. The van der Waals surface area contributed by atoms with Crippen molar-refractivity contribution in [3.63, 3.8) is 0 Å². The molecule has 3 N–H and O–H groups in total. The second-order valence-electron chi connectivity index (χ2n) is 9.67. The van der Waals surface area contributed by atoms with Crippen molar-refractivity contribution in [3.05, 3.63) is 93.9 Å². The maximum atomic E-state index is 13.6. The first-order valence-corrected chi connectivity index (χ1v) is 14.3. The van der Waals surface area contributed by atoms with Crippen LogP contribution in [0.15, 0.2) is 52.9 Å². The summed E-state index contributed by atoms with van der Waals surface area (Å²) in [5, 5.41) is 10.9. The highest BCUT2D eigenvalue weighted by atomic mass is 32.2. The van der Waals surface area contributed by atoms with E-state index in [1.807, 2.05) is 43.0 Å². The molecule has 0 aliphatic carbocycles. The molecule has 0 radical (unpaired) electrons. The number of carbonyl (C=O) groups excluding carboxylic acids is 1. The summed E-state index contributed by atoms with van der Waals surface area (Å²) in [6.45, 7) is 6.26. The van der Waals surface area contributed by atoms with Crippen LogP contribution in [0.3, 0.4) is 0 Å². The third-order valence-electron chi connectivity index (χ3n) is 6.49.